The molecule has 11 nitrogen and oxygen atoms in total. The second kappa shape index (κ2) is 16.8. The van der Waals surface area contributed by atoms with Gasteiger partial charge in [-0.15, -0.1) is 11.3 Å². The Balaban J connectivity index is 1.48. The van der Waals surface area contributed by atoms with Crippen LogP contribution < -0.4 is 21.3 Å². The highest BCUT2D eigenvalue weighted by Gasteiger charge is 2.36. The second-order valence-electron chi connectivity index (χ2n) is 12.5. The molecule has 3 aromatic rings. The number of ether oxygens (including phenoxy) is 1. The SMILES string of the molecule is CC(C)C[C@@H](NC(=O)[C@H](NC(=O)OCc1ccccc1)C(C)C)C(=O)N[C@H](C[C@H]1CCNC1=O)C(=O)c1ncc(-c2ccccc2)s1. The molecule has 4 rings (SSSR count). The van der Waals surface area contributed by atoms with Crippen molar-refractivity contribution in [2.24, 2.45) is 17.8 Å². The minimum Gasteiger partial charge on any atom is -0.445 e. The summed E-state index contributed by atoms with van der Waals surface area (Å²) in [6, 6.07) is 15.7. The zero-order valence-corrected chi connectivity index (χ0v) is 28.0. The number of rotatable bonds is 15. The predicted molar refractivity (Wildman–Crippen MR) is 179 cm³/mol. The number of alkyl carbamates (subject to hydrolysis) is 1. The van der Waals surface area contributed by atoms with Gasteiger partial charge in [0.25, 0.3) is 0 Å². The van der Waals surface area contributed by atoms with Crippen molar-refractivity contribution in [3.63, 3.8) is 0 Å². The summed E-state index contributed by atoms with van der Waals surface area (Å²) in [4.78, 5) is 71.4. The fourth-order valence-corrected chi connectivity index (χ4v) is 6.24. The summed E-state index contributed by atoms with van der Waals surface area (Å²) < 4.78 is 5.31. The normalized spacial score (nSPS) is 16.2. The van der Waals surface area contributed by atoms with Crippen LogP contribution in [0.25, 0.3) is 10.4 Å². The number of hydrogen-bond acceptors (Lipinski definition) is 8. The topological polar surface area (TPSA) is 156 Å². The van der Waals surface area contributed by atoms with Crippen LogP contribution >= 0.6 is 11.3 Å². The first-order valence-corrected chi connectivity index (χ1v) is 16.7. The summed E-state index contributed by atoms with van der Waals surface area (Å²) >= 11 is 1.22. The minimum absolute atomic E-state index is 0.00880. The van der Waals surface area contributed by atoms with Gasteiger partial charge in [-0.3, -0.25) is 19.2 Å². The lowest BCUT2D eigenvalue weighted by Gasteiger charge is -2.27. The Kier molecular flexibility index (Phi) is 12.6. The lowest BCUT2D eigenvalue weighted by Crippen LogP contribution is -2.57. The van der Waals surface area contributed by atoms with Crippen molar-refractivity contribution in [3.8, 4) is 10.4 Å². The van der Waals surface area contributed by atoms with Gasteiger partial charge in [0.05, 0.1) is 10.9 Å². The Morgan fingerprint density at radius 2 is 1.57 bits per heavy atom. The van der Waals surface area contributed by atoms with Crippen LogP contribution in [0.4, 0.5) is 4.79 Å². The fourth-order valence-electron chi connectivity index (χ4n) is 5.32. The molecule has 1 aliphatic heterocycles. The zero-order valence-electron chi connectivity index (χ0n) is 27.2. The molecule has 1 aliphatic rings. The number of benzene rings is 2. The van der Waals surface area contributed by atoms with Gasteiger partial charge >= 0.3 is 6.09 Å². The zero-order chi connectivity index (χ0) is 33.9. The van der Waals surface area contributed by atoms with Crippen molar-refractivity contribution in [3.05, 3.63) is 77.4 Å². The van der Waals surface area contributed by atoms with Crippen LogP contribution in [-0.2, 0) is 25.7 Å². The smallest absolute Gasteiger partial charge is 0.408 e. The van der Waals surface area contributed by atoms with Gasteiger partial charge in [-0.05, 0) is 42.2 Å². The minimum atomic E-state index is -1.04. The van der Waals surface area contributed by atoms with E-state index in [0.29, 0.717) is 13.0 Å². The summed E-state index contributed by atoms with van der Waals surface area (Å²) in [5.41, 5.74) is 1.71. The molecule has 0 saturated carbocycles. The molecule has 4 N–H and O–H groups in total. The quantitative estimate of drug-likeness (QED) is 0.175. The number of amides is 4. The average Bonchev–Trinajstić information content (AvgIpc) is 3.71. The highest BCUT2D eigenvalue weighted by Crippen LogP contribution is 2.28. The number of nitrogens with zero attached hydrogens (tertiary/aromatic N) is 1. The van der Waals surface area contributed by atoms with Gasteiger partial charge in [-0.1, -0.05) is 88.4 Å². The van der Waals surface area contributed by atoms with Gasteiger partial charge in [-0.2, -0.15) is 0 Å². The van der Waals surface area contributed by atoms with Crippen LogP contribution in [0.3, 0.4) is 0 Å². The van der Waals surface area contributed by atoms with Crippen LogP contribution in [-0.4, -0.2) is 59.3 Å². The third kappa shape index (κ3) is 10.2. The standard InChI is InChI=1S/C35H43N5O6S/c1-21(2)17-27(39-33(44)29(22(3)4)40-35(45)46-20-23-11-7-5-8-12-23)32(43)38-26(18-25-15-16-36-31(25)42)30(41)34-37-19-28(47-34)24-13-9-6-10-14-24/h5-14,19,21-22,25-27,29H,15-18,20H2,1-4H3,(H,36,42)(H,38,43)(H,39,44)(H,40,45)/t25-,26-,27-,29-/m1/s1. The van der Waals surface area contributed by atoms with Gasteiger partial charge in [0.1, 0.15) is 18.7 Å². The number of Topliss-reactive ketones (excluding diaryl/α,β-unsaturated/α-hetero) is 1. The molecule has 1 fully saturated rings. The van der Waals surface area contributed by atoms with Crippen molar-refractivity contribution in [2.75, 3.05) is 6.54 Å². The predicted octanol–water partition coefficient (Wildman–Crippen LogP) is 4.49. The first kappa shape index (κ1) is 35.3. The summed E-state index contributed by atoms with van der Waals surface area (Å²) in [5, 5.41) is 11.3. The second-order valence-corrected chi connectivity index (χ2v) is 13.5. The summed E-state index contributed by atoms with van der Waals surface area (Å²) in [7, 11) is 0. The van der Waals surface area contributed by atoms with Crippen molar-refractivity contribution in [1.82, 2.24) is 26.3 Å². The molecule has 47 heavy (non-hydrogen) atoms. The molecule has 2 heterocycles. The third-order valence-electron chi connectivity index (χ3n) is 7.87. The molecule has 12 heteroatoms. The van der Waals surface area contributed by atoms with Gasteiger partial charge in [0.15, 0.2) is 5.01 Å². The van der Waals surface area contributed by atoms with Crippen molar-refractivity contribution < 1.29 is 28.7 Å². The highest BCUT2D eigenvalue weighted by atomic mass is 32.1. The average molecular weight is 662 g/mol. The Morgan fingerprint density at radius 3 is 2.19 bits per heavy atom. The van der Waals surface area contributed by atoms with E-state index in [1.807, 2.05) is 74.5 Å². The summed E-state index contributed by atoms with van der Waals surface area (Å²) in [6.45, 7) is 7.92. The van der Waals surface area contributed by atoms with Crippen molar-refractivity contribution in [2.45, 2.75) is 71.7 Å². The molecule has 4 amide bonds. The Morgan fingerprint density at radius 1 is 0.915 bits per heavy atom. The lowest BCUT2D eigenvalue weighted by molar-refractivity contribution is -0.131. The molecule has 0 bridgehead atoms. The molecule has 0 aliphatic carbocycles. The van der Waals surface area contributed by atoms with E-state index in [0.717, 1.165) is 16.0 Å². The van der Waals surface area contributed by atoms with E-state index in [1.54, 1.807) is 20.0 Å². The molecular formula is C35H43N5O6S. The molecule has 0 radical (unpaired) electrons. The number of thiazole rings is 1. The van der Waals surface area contributed by atoms with E-state index in [-0.39, 0.29) is 42.2 Å². The van der Waals surface area contributed by atoms with Gasteiger partial charge < -0.3 is 26.0 Å². The van der Waals surface area contributed by atoms with E-state index >= 15 is 0 Å². The van der Waals surface area contributed by atoms with E-state index in [1.165, 1.54) is 11.3 Å². The lowest BCUT2D eigenvalue weighted by atomic mass is 9.95. The van der Waals surface area contributed by atoms with Crippen molar-refractivity contribution in [1.29, 1.82) is 0 Å². The largest absolute Gasteiger partial charge is 0.445 e. The maximum atomic E-state index is 13.8. The number of nitrogens with one attached hydrogen (secondary N) is 4. The van der Waals surface area contributed by atoms with E-state index in [2.05, 4.69) is 26.3 Å². The molecule has 4 atom stereocenters. The fraction of sp³-hybridized carbons (Fsp3) is 0.429. The first-order chi connectivity index (χ1) is 22.5. The van der Waals surface area contributed by atoms with Crippen LogP contribution in [0.15, 0.2) is 66.9 Å². The Hall–Kier alpha value is -4.58. The van der Waals surface area contributed by atoms with Crippen LogP contribution in [0, 0.1) is 17.8 Å². The number of ketones is 1. The number of carbonyl (C=O) groups excluding carboxylic acids is 5. The van der Waals surface area contributed by atoms with E-state index in [4.69, 9.17) is 4.74 Å². The van der Waals surface area contributed by atoms with Gasteiger partial charge in [0.2, 0.25) is 23.5 Å². The third-order valence-corrected chi connectivity index (χ3v) is 8.93. The molecule has 1 aromatic heterocycles. The maximum Gasteiger partial charge on any atom is 0.408 e. The van der Waals surface area contributed by atoms with Crippen molar-refractivity contribution >= 4 is 40.9 Å². The number of hydrogen-bond donors (Lipinski definition) is 4. The Labute approximate surface area is 279 Å². The van der Waals surface area contributed by atoms with E-state index < -0.39 is 47.7 Å². The number of carbonyl (C=O) groups is 5. The van der Waals surface area contributed by atoms with Crippen LogP contribution in [0.5, 0.6) is 0 Å². The monoisotopic (exact) mass is 661 g/mol. The molecular weight excluding hydrogens is 618 g/mol. The van der Waals surface area contributed by atoms with Crippen LogP contribution in [0.1, 0.15) is 62.3 Å². The first-order valence-electron chi connectivity index (χ1n) is 15.9. The highest BCUT2D eigenvalue weighted by molar-refractivity contribution is 7.17. The number of aromatic nitrogens is 1. The molecule has 250 valence electrons. The Bertz CT molecular complexity index is 1530. The molecule has 0 spiro atoms. The summed E-state index contributed by atoms with van der Waals surface area (Å²) in [5.74, 6) is -2.44. The maximum absolute atomic E-state index is 13.8. The van der Waals surface area contributed by atoms with Crippen LogP contribution in [0.2, 0.25) is 0 Å². The van der Waals surface area contributed by atoms with E-state index in [9.17, 15) is 24.0 Å². The molecule has 0 unspecified atom stereocenters. The molecule has 1 saturated heterocycles. The molecule has 2 aromatic carbocycles. The van der Waals surface area contributed by atoms with Gasteiger partial charge in [0, 0.05) is 18.7 Å². The van der Waals surface area contributed by atoms with Gasteiger partial charge in [-0.25, -0.2) is 9.78 Å². The summed E-state index contributed by atoms with van der Waals surface area (Å²) in [6.07, 6.45) is 1.79.